The van der Waals surface area contributed by atoms with Crippen molar-refractivity contribution in [2.45, 2.75) is 39.3 Å². The van der Waals surface area contributed by atoms with Gasteiger partial charge in [0.2, 0.25) is 0 Å². The van der Waals surface area contributed by atoms with E-state index >= 15 is 0 Å². The quantitative estimate of drug-likeness (QED) is 0.789. The summed E-state index contributed by atoms with van der Waals surface area (Å²) in [5, 5.41) is 2.98. The summed E-state index contributed by atoms with van der Waals surface area (Å²) in [6.45, 7) is 7.22. The average Bonchev–Trinajstić information content (AvgIpc) is 3.15. The monoisotopic (exact) mass is 340 g/mol. The van der Waals surface area contributed by atoms with Gasteiger partial charge in [-0.3, -0.25) is 9.69 Å². The summed E-state index contributed by atoms with van der Waals surface area (Å²) in [6.07, 6.45) is 8.98. The third-order valence-electron chi connectivity index (χ3n) is 4.94. The Kier molecular flexibility index (Phi) is 6.23. The number of carbonyl (C=O) groups is 1. The molecule has 0 saturated carbocycles. The van der Waals surface area contributed by atoms with Gasteiger partial charge in [0.1, 0.15) is 0 Å². The highest BCUT2D eigenvalue weighted by Gasteiger charge is 2.15. The molecule has 3 rings (SSSR count). The fourth-order valence-electron chi connectivity index (χ4n) is 3.22. The first-order valence-corrected chi connectivity index (χ1v) is 9.26. The van der Waals surface area contributed by atoms with Gasteiger partial charge < -0.3 is 9.88 Å². The first kappa shape index (κ1) is 17.7. The van der Waals surface area contributed by atoms with E-state index in [0.717, 1.165) is 31.0 Å². The second kappa shape index (κ2) is 8.81. The summed E-state index contributed by atoms with van der Waals surface area (Å²) >= 11 is 0. The number of hydrogen-bond donors (Lipinski definition) is 1. The van der Waals surface area contributed by atoms with E-state index in [2.05, 4.69) is 34.3 Å². The highest BCUT2D eigenvalue weighted by molar-refractivity contribution is 5.94. The van der Waals surface area contributed by atoms with Crippen molar-refractivity contribution in [1.82, 2.24) is 19.8 Å². The number of likely N-dealkylation sites (tertiary alicyclic amines) is 1. The van der Waals surface area contributed by atoms with Crippen LogP contribution in [-0.4, -0.2) is 40.0 Å². The summed E-state index contributed by atoms with van der Waals surface area (Å²) < 4.78 is 2.02. The lowest BCUT2D eigenvalue weighted by Crippen LogP contribution is -2.32. The maximum absolute atomic E-state index is 12.2. The van der Waals surface area contributed by atoms with Crippen LogP contribution >= 0.6 is 0 Å². The molecule has 1 aliphatic heterocycles. The van der Waals surface area contributed by atoms with Crippen molar-refractivity contribution in [2.24, 2.45) is 5.92 Å². The molecule has 0 spiro atoms. The lowest BCUT2D eigenvalue weighted by atomic mass is 9.99. The lowest BCUT2D eigenvalue weighted by Gasteiger charge is -2.30. The Labute approximate surface area is 150 Å². The van der Waals surface area contributed by atoms with Crippen molar-refractivity contribution in [1.29, 1.82) is 0 Å². The Morgan fingerprint density at radius 3 is 2.68 bits per heavy atom. The molecule has 1 aromatic carbocycles. The van der Waals surface area contributed by atoms with E-state index in [1.807, 2.05) is 22.9 Å². The number of carbonyl (C=O) groups excluding carboxylic acids is 1. The molecule has 5 nitrogen and oxygen atoms in total. The number of piperidine rings is 1. The SMILES string of the molecule is CC1CCN(Cc2ccc(C(=O)NCCCn3ccnc3)cc2)CC1. The molecule has 0 aliphatic carbocycles. The first-order chi connectivity index (χ1) is 12.2. The molecular formula is C20H28N4O. The summed E-state index contributed by atoms with van der Waals surface area (Å²) in [6, 6.07) is 8.04. The zero-order valence-corrected chi connectivity index (χ0v) is 15.0. The molecule has 134 valence electrons. The van der Waals surface area contributed by atoms with Crippen molar-refractivity contribution < 1.29 is 4.79 Å². The van der Waals surface area contributed by atoms with Gasteiger partial charge in [-0.1, -0.05) is 19.1 Å². The molecule has 1 aliphatic rings. The van der Waals surface area contributed by atoms with Gasteiger partial charge in [0.15, 0.2) is 0 Å². The summed E-state index contributed by atoms with van der Waals surface area (Å²) in [5.74, 6) is 0.861. The molecule has 1 aromatic heterocycles. The first-order valence-electron chi connectivity index (χ1n) is 9.26. The minimum absolute atomic E-state index is 0.00368. The standard InChI is InChI=1S/C20H28N4O/c1-17-7-12-23(13-8-17)15-18-3-5-19(6-4-18)20(25)22-9-2-11-24-14-10-21-16-24/h3-6,10,14,16-17H,2,7-9,11-13,15H2,1H3,(H,22,25). The molecule has 5 heteroatoms. The van der Waals surface area contributed by atoms with E-state index in [1.165, 1.54) is 31.5 Å². The smallest absolute Gasteiger partial charge is 0.251 e. The Morgan fingerprint density at radius 1 is 1.24 bits per heavy atom. The number of aryl methyl sites for hydroxylation is 1. The van der Waals surface area contributed by atoms with Gasteiger partial charge >= 0.3 is 0 Å². The Balaban J connectivity index is 1.41. The number of nitrogens with one attached hydrogen (secondary N) is 1. The van der Waals surface area contributed by atoms with Gasteiger partial charge in [-0.25, -0.2) is 4.98 Å². The zero-order chi connectivity index (χ0) is 17.5. The molecule has 2 aromatic rings. The van der Waals surface area contributed by atoms with E-state index in [1.54, 1.807) is 12.5 Å². The highest BCUT2D eigenvalue weighted by atomic mass is 16.1. The van der Waals surface area contributed by atoms with Crippen LogP contribution < -0.4 is 5.32 Å². The van der Waals surface area contributed by atoms with Crippen molar-refractivity contribution in [3.63, 3.8) is 0 Å². The van der Waals surface area contributed by atoms with Crippen LogP contribution in [0, 0.1) is 5.92 Å². The summed E-state index contributed by atoms with van der Waals surface area (Å²) in [4.78, 5) is 18.7. The van der Waals surface area contributed by atoms with Crippen molar-refractivity contribution in [3.8, 4) is 0 Å². The minimum Gasteiger partial charge on any atom is -0.352 e. The van der Waals surface area contributed by atoms with Crippen molar-refractivity contribution in [3.05, 3.63) is 54.1 Å². The van der Waals surface area contributed by atoms with Crippen LogP contribution in [-0.2, 0) is 13.1 Å². The summed E-state index contributed by atoms with van der Waals surface area (Å²) in [7, 11) is 0. The van der Waals surface area contributed by atoms with Crippen LogP contribution in [0.15, 0.2) is 43.0 Å². The van der Waals surface area contributed by atoms with Crippen LogP contribution in [0.5, 0.6) is 0 Å². The van der Waals surface area contributed by atoms with Gasteiger partial charge in [0.05, 0.1) is 6.33 Å². The van der Waals surface area contributed by atoms with Crippen LogP contribution in [0.25, 0.3) is 0 Å². The largest absolute Gasteiger partial charge is 0.352 e. The maximum atomic E-state index is 12.2. The van der Waals surface area contributed by atoms with Gasteiger partial charge in [-0.05, 0) is 56.0 Å². The zero-order valence-electron chi connectivity index (χ0n) is 15.0. The number of amides is 1. The number of aromatic nitrogens is 2. The second-order valence-electron chi connectivity index (χ2n) is 7.07. The molecule has 1 amide bonds. The molecule has 0 radical (unpaired) electrons. The van der Waals surface area contributed by atoms with Crippen LogP contribution in [0.1, 0.15) is 42.1 Å². The Morgan fingerprint density at radius 2 is 2.00 bits per heavy atom. The summed E-state index contributed by atoms with van der Waals surface area (Å²) in [5.41, 5.74) is 2.02. The van der Waals surface area contributed by atoms with Gasteiger partial charge in [0.25, 0.3) is 5.91 Å². The Bertz CT molecular complexity index is 643. The third-order valence-corrected chi connectivity index (χ3v) is 4.94. The fourth-order valence-corrected chi connectivity index (χ4v) is 3.22. The highest BCUT2D eigenvalue weighted by Crippen LogP contribution is 2.18. The fraction of sp³-hybridized carbons (Fsp3) is 0.500. The number of hydrogen-bond acceptors (Lipinski definition) is 3. The number of rotatable bonds is 7. The van der Waals surface area contributed by atoms with E-state index in [9.17, 15) is 4.79 Å². The molecule has 1 saturated heterocycles. The van der Waals surface area contributed by atoms with Crippen LogP contribution in [0.3, 0.4) is 0 Å². The predicted molar refractivity (Wildman–Crippen MR) is 99.3 cm³/mol. The second-order valence-corrected chi connectivity index (χ2v) is 7.07. The number of benzene rings is 1. The van der Waals surface area contributed by atoms with Gasteiger partial charge in [0, 0.05) is 37.6 Å². The molecule has 1 N–H and O–H groups in total. The third kappa shape index (κ3) is 5.43. The van der Waals surface area contributed by atoms with Crippen LogP contribution in [0.2, 0.25) is 0 Å². The maximum Gasteiger partial charge on any atom is 0.251 e. The molecule has 0 bridgehead atoms. The molecular weight excluding hydrogens is 312 g/mol. The van der Waals surface area contributed by atoms with E-state index in [-0.39, 0.29) is 5.91 Å². The van der Waals surface area contributed by atoms with E-state index in [4.69, 9.17) is 0 Å². The number of nitrogens with zero attached hydrogens (tertiary/aromatic N) is 3. The van der Waals surface area contributed by atoms with Crippen molar-refractivity contribution >= 4 is 5.91 Å². The molecule has 2 heterocycles. The lowest BCUT2D eigenvalue weighted by molar-refractivity contribution is 0.0952. The normalized spacial score (nSPS) is 16.0. The van der Waals surface area contributed by atoms with E-state index in [0.29, 0.717) is 6.54 Å². The van der Waals surface area contributed by atoms with Gasteiger partial charge in [-0.2, -0.15) is 0 Å². The minimum atomic E-state index is 0.00368. The average molecular weight is 340 g/mol. The molecule has 0 unspecified atom stereocenters. The van der Waals surface area contributed by atoms with Crippen molar-refractivity contribution in [2.75, 3.05) is 19.6 Å². The molecule has 1 fully saturated rings. The topological polar surface area (TPSA) is 50.2 Å². The Hall–Kier alpha value is -2.14. The number of imidazole rings is 1. The predicted octanol–water partition coefficient (Wildman–Crippen LogP) is 2.94. The van der Waals surface area contributed by atoms with Gasteiger partial charge in [-0.15, -0.1) is 0 Å². The van der Waals surface area contributed by atoms with Crippen LogP contribution in [0.4, 0.5) is 0 Å². The molecule has 0 atom stereocenters. The van der Waals surface area contributed by atoms with E-state index < -0.39 is 0 Å². The molecule has 25 heavy (non-hydrogen) atoms.